The summed E-state index contributed by atoms with van der Waals surface area (Å²) in [5.41, 5.74) is 0.838. The van der Waals surface area contributed by atoms with Crippen LogP contribution in [0.15, 0.2) is 28.7 Å². The minimum absolute atomic E-state index is 0.0591. The highest BCUT2D eigenvalue weighted by atomic mass is 79.9. The number of nitrogens with one attached hydrogen (secondary N) is 1. The van der Waals surface area contributed by atoms with Crippen LogP contribution in [0.5, 0.6) is 0 Å². The van der Waals surface area contributed by atoms with Gasteiger partial charge in [-0.2, -0.15) is 0 Å². The Balaban J connectivity index is 0.000000413. The maximum atomic E-state index is 11.8. The monoisotopic (exact) mass is 402 g/mol. The molecule has 1 saturated heterocycles. The number of anilines is 1. The molecular formula is C15H19BrN2O6. The summed E-state index contributed by atoms with van der Waals surface area (Å²) < 4.78 is 6.27. The Morgan fingerprint density at radius 1 is 1.08 bits per heavy atom. The number of halogens is 1. The van der Waals surface area contributed by atoms with Crippen LogP contribution in [0.25, 0.3) is 0 Å². The van der Waals surface area contributed by atoms with Gasteiger partial charge in [0, 0.05) is 36.2 Å². The molecule has 9 heteroatoms. The minimum atomic E-state index is -1.82. The van der Waals surface area contributed by atoms with Crippen LogP contribution in [-0.2, 0) is 19.1 Å². The van der Waals surface area contributed by atoms with Gasteiger partial charge in [0.25, 0.3) is 0 Å². The quantitative estimate of drug-likeness (QED) is 0.649. The summed E-state index contributed by atoms with van der Waals surface area (Å²) in [6.45, 7) is 4.19. The first-order valence-electron chi connectivity index (χ1n) is 7.20. The van der Waals surface area contributed by atoms with Crippen molar-refractivity contribution in [2.75, 3.05) is 38.2 Å². The van der Waals surface area contributed by atoms with Gasteiger partial charge in [0.05, 0.1) is 13.2 Å². The van der Waals surface area contributed by atoms with Crippen molar-refractivity contribution < 1.29 is 29.3 Å². The number of nitrogens with zero attached hydrogens (tertiary/aromatic N) is 1. The number of carboxylic acids is 2. The molecular weight excluding hydrogens is 384 g/mol. The largest absolute Gasteiger partial charge is 0.473 e. The van der Waals surface area contributed by atoms with E-state index in [1.54, 1.807) is 0 Å². The van der Waals surface area contributed by atoms with E-state index in [-0.39, 0.29) is 5.91 Å². The van der Waals surface area contributed by atoms with Gasteiger partial charge in [0.2, 0.25) is 5.91 Å². The van der Waals surface area contributed by atoms with E-state index in [4.69, 9.17) is 24.5 Å². The Morgan fingerprint density at radius 3 is 2.12 bits per heavy atom. The molecule has 0 radical (unpaired) electrons. The zero-order valence-electron chi connectivity index (χ0n) is 12.9. The average molecular weight is 403 g/mol. The number of hydrogen-bond donors (Lipinski definition) is 3. The molecule has 1 aromatic carbocycles. The lowest BCUT2D eigenvalue weighted by Crippen LogP contribution is -2.38. The Bertz CT molecular complexity index is 546. The van der Waals surface area contributed by atoms with Crippen molar-refractivity contribution in [2.24, 2.45) is 0 Å². The van der Waals surface area contributed by atoms with Crippen molar-refractivity contribution in [3.05, 3.63) is 28.7 Å². The second-order valence-corrected chi connectivity index (χ2v) is 5.79. The highest BCUT2D eigenvalue weighted by Crippen LogP contribution is 2.14. The lowest BCUT2D eigenvalue weighted by Gasteiger charge is -2.26. The first-order valence-corrected chi connectivity index (χ1v) is 7.99. The van der Waals surface area contributed by atoms with Gasteiger partial charge in [-0.15, -0.1) is 0 Å². The third kappa shape index (κ3) is 8.61. The van der Waals surface area contributed by atoms with E-state index in [1.165, 1.54) is 0 Å². The molecule has 1 fully saturated rings. The van der Waals surface area contributed by atoms with Crippen LogP contribution in [0.4, 0.5) is 5.69 Å². The minimum Gasteiger partial charge on any atom is -0.473 e. The second-order valence-electron chi connectivity index (χ2n) is 4.87. The molecule has 0 bridgehead atoms. The van der Waals surface area contributed by atoms with E-state index in [2.05, 4.69) is 26.1 Å². The van der Waals surface area contributed by atoms with Crippen LogP contribution in [0.2, 0.25) is 0 Å². The molecule has 0 unspecified atom stereocenters. The number of ether oxygens (including phenoxy) is 1. The van der Waals surface area contributed by atoms with Crippen molar-refractivity contribution in [1.82, 2.24) is 4.90 Å². The summed E-state index contributed by atoms with van der Waals surface area (Å²) in [7, 11) is 0. The summed E-state index contributed by atoms with van der Waals surface area (Å²) in [5.74, 6) is -3.59. The summed E-state index contributed by atoms with van der Waals surface area (Å²) in [5, 5.41) is 17.7. The highest BCUT2D eigenvalue weighted by molar-refractivity contribution is 9.10. The van der Waals surface area contributed by atoms with Gasteiger partial charge in [-0.25, -0.2) is 9.59 Å². The van der Waals surface area contributed by atoms with Crippen molar-refractivity contribution in [1.29, 1.82) is 0 Å². The Kier molecular flexibility index (Phi) is 8.98. The van der Waals surface area contributed by atoms with Crippen molar-refractivity contribution in [2.45, 2.75) is 6.42 Å². The predicted molar refractivity (Wildman–Crippen MR) is 89.9 cm³/mol. The topological polar surface area (TPSA) is 116 Å². The maximum absolute atomic E-state index is 11.8. The first-order chi connectivity index (χ1) is 11.4. The van der Waals surface area contributed by atoms with E-state index < -0.39 is 11.9 Å². The van der Waals surface area contributed by atoms with E-state index >= 15 is 0 Å². The van der Waals surface area contributed by atoms with Crippen LogP contribution in [0.1, 0.15) is 6.42 Å². The van der Waals surface area contributed by atoms with Crippen molar-refractivity contribution in [3.63, 3.8) is 0 Å². The van der Waals surface area contributed by atoms with E-state index in [0.717, 1.165) is 43.0 Å². The molecule has 24 heavy (non-hydrogen) atoms. The summed E-state index contributed by atoms with van der Waals surface area (Å²) in [6.07, 6.45) is 0.524. The Morgan fingerprint density at radius 2 is 1.62 bits per heavy atom. The third-order valence-electron chi connectivity index (χ3n) is 3.07. The number of rotatable bonds is 4. The number of carbonyl (C=O) groups is 3. The molecule has 8 nitrogen and oxygen atoms in total. The zero-order valence-corrected chi connectivity index (χ0v) is 14.5. The average Bonchev–Trinajstić information content (AvgIpc) is 2.56. The molecule has 0 aromatic heterocycles. The predicted octanol–water partition coefficient (Wildman–Crippen LogP) is 1.27. The Hall–Kier alpha value is -1.97. The summed E-state index contributed by atoms with van der Waals surface area (Å²) in [4.78, 5) is 32.2. The fraction of sp³-hybridized carbons (Fsp3) is 0.400. The van der Waals surface area contributed by atoms with Gasteiger partial charge in [-0.3, -0.25) is 9.69 Å². The number of hydrogen-bond acceptors (Lipinski definition) is 5. The maximum Gasteiger partial charge on any atom is 0.414 e. The molecule has 1 amide bonds. The number of carboxylic acid groups (broad SMARTS) is 2. The molecule has 1 heterocycles. The summed E-state index contributed by atoms with van der Waals surface area (Å²) in [6, 6.07) is 7.60. The SMILES string of the molecule is O=C(CCN1CCOCC1)Nc1ccc(Br)cc1.O=C(O)C(=O)O. The van der Waals surface area contributed by atoms with Crippen LogP contribution in [0, 0.1) is 0 Å². The van der Waals surface area contributed by atoms with Crippen LogP contribution >= 0.6 is 15.9 Å². The van der Waals surface area contributed by atoms with E-state index in [1.807, 2.05) is 24.3 Å². The molecule has 132 valence electrons. The number of benzene rings is 1. The van der Waals surface area contributed by atoms with Crippen LogP contribution in [0.3, 0.4) is 0 Å². The zero-order chi connectivity index (χ0) is 17.9. The van der Waals surface area contributed by atoms with Crippen LogP contribution in [-0.4, -0.2) is 65.8 Å². The molecule has 0 saturated carbocycles. The van der Waals surface area contributed by atoms with Crippen molar-refractivity contribution >= 4 is 39.5 Å². The van der Waals surface area contributed by atoms with E-state index in [9.17, 15) is 4.79 Å². The number of carbonyl (C=O) groups excluding carboxylic acids is 1. The molecule has 3 N–H and O–H groups in total. The number of amides is 1. The fourth-order valence-corrected chi connectivity index (χ4v) is 2.11. The molecule has 0 spiro atoms. The molecule has 1 aliphatic heterocycles. The normalized spacial score (nSPS) is 14.2. The second kappa shape index (κ2) is 10.7. The number of morpholine rings is 1. The van der Waals surface area contributed by atoms with Crippen molar-refractivity contribution in [3.8, 4) is 0 Å². The lowest BCUT2D eigenvalue weighted by molar-refractivity contribution is -0.159. The molecule has 1 aliphatic rings. The van der Waals surface area contributed by atoms with Gasteiger partial charge < -0.3 is 20.3 Å². The number of aliphatic carboxylic acids is 2. The van der Waals surface area contributed by atoms with Gasteiger partial charge in [-0.1, -0.05) is 15.9 Å². The molecule has 0 aliphatic carbocycles. The molecule has 2 rings (SSSR count). The van der Waals surface area contributed by atoms with E-state index in [0.29, 0.717) is 6.42 Å². The van der Waals surface area contributed by atoms with Gasteiger partial charge in [0.1, 0.15) is 0 Å². The third-order valence-corrected chi connectivity index (χ3v) is 3.60. The highest BCUT2D eigenvalue weighted by Gasteiger charge is 2.11. The Labute approximate surface area is 147 Å². The fourth-order valence-electron chi connectivity index (χ4n) is 1.84. The lowest BCUT2D eigenvalue weighted by atomic mass is 10.3. The summed E-state index contributed by atoms with van der Waals surface area (Å²) >= 11 is 3.36. The standard InChI is InChI=1S/C13H17BrN2O2.C2H2O4/c14-11-1-3-12(4-2-11)15-13(17)5-6-16-7-9-18-10-8-16;3-1(4)2(5)6/h1-4H,5-10H2,(H,15,17);(H,3,4)(H,5,6). The first kappa shape index (κ1) is 20.1. The van der Waals surface area contributed by atoms with Crippen LogP contribution < -0.4 is 5.32 Å². The molecule has 0 atom stereocenters. The van der Waals surface area contributed by atoms with Gasteiger partial charge in [0.15, 0.2) is 0 Å². The molecule has 1 aromatic rings. The van der Waals surface area contributed by atoms with Gasteiger partial charge in [-0.05, 0) is 24.3 Å². The smallest absolute Gasteiger partial charge is 0.414 e. The van der Waals surface area contributed by atoms with Gasteiger partial charge >= 0.3 is 11.9 Å².